The lowest BCUT2D eigenvalue weighted by molar-refractivity contribution is 0.520. The number of rotatable bonds is 9. The molecule has 1 unspecified atom stereocenters. The molecule has 3 heteroatoms. The molecule has 0 aliphatic rings. The van der Waals surface area contributed by atoms with Gasteiger partial charge in [-0.05, 0) is 37.0 Å². The van der Waals surface area contributed by atoms with Crippen LogP contribution in [-0.4, -0.2) is 17.5 Å². The van der Waals surface area contributed by atoms with Gasteiger partial charge in [0.05, 0.1) is 0 Å². The summed E-state index contributed by atoms with van der Waals surface area (Å²) in [6.07, 6.45) is 4.75. The predicted molar refractivity (Wildman–Crippen MR) is 78.1 cm³/mol. The molecule has 1 rings (SSSR count). The zero-order valence-electron chi connectivity index (χ0n) is 10.7. The minimum atomic E-state index is 0.454. The number of thioether (sulfide) groups is 1. The van der Waals surface area contributed by atoms with Crippen LogP contribution in [0.25, 0.3) is 0 Å². The van der Waals surface area contributed by atoms with Crippen LogP contribution in [0.1, 0.15) is 31.7 Å². The van der Waals surface area contributed by atoms with Gasteiger partial charge in [-0.25, -0.2) is 0 Å². The summed E-state index contributed by atoms with van der Waals surface area (Å²) < 4.78 is 0. The number of hydrazine groups is 1. The molecule has 96 valence electrons. The van der Waals surface area contributed by atoms with Gasteiger partial charge in [-0.2, -0.15) is 11.8 Å². The SMILES string of the molecule is CCCSCC(CCCc1ccccc1)NN. The molecule has 0 heterocycles. The Morgan fingerprint density at radius 2 is 2.06 bits per heavy atom. The lowest BCUT2D eigenvalue weighted by Gasteiger charge is -2.15. The van der Waals surface area contributed by atoms with Crippen LogP contribution >= 0.6 is 11.8 Å². The molecule has 0 amide bonds. The molecule has 0 saturated heterocycles. The van der Waals surface area contributed by atoms with E-state index in [1.807, 2.05) is 11.8 Å². The Hall–Kier alpha value is -0.510. The minimum Gasteiger partial charge on any atom is -0.271 e. The van der Waals surface area contributed by atoms with Crippen molar-refractivity contribution in [3.8, 4) is 0 Å². The first-order chi connectivity index (χ1) is 8.36. The second kappa shape index (κ2) is 9.51. The van der Waals surface area contributed by atoms with Gasteiger partial charge in [0.25, 0.3) is 0 Å². The molecule has 1 atom stereocenters. The zero-order chi connectivity index (χ0) is 12.3. The molecule has 0 spiro atoms. The van der Waals surface area contributed by atoms with E-state index in [9.17, 15) is 0 Å². The lowest BCUT2D eigenvalue weighted by Crippen LogP contribution is -2.37. The molecule has 0 aliphatic carbocycles. The lowest BCUT2D eigenvalue weighted by atomic mass is 10.1. The fraction of sp³-hybridized carbons (Fsp3) is 0.571. The van der Waals surface area contributed by atoms with Crippen molar-refractivity contribution in [3.05, 3.63) is 35.9 Å². The average molecular weight is 252 g/mol. The number of benzene rings is 1. The van der Waals surface area contributed by atoms with Crippen LogP contribution in [0.3, 0.4) is 0 Å². The normalized spacial score (nSPS) is 12.6. The molecule has 1 aromatic rings. The van der Waals surface area contributed by atoms with Crippen LogP contribution in [-0.2, 0) is 6.42 Å². The maximum Gasteiger partial charge on any atom is 0.0301 e. The van der Waals surface area contributed by atoms with Gasteiger partial charge in [-0.1, -0.05) is 37.3 Å². The quantitative estimate of drug-likeness (QED) is 0.403. The van der Waals surface area contributed by atoms with Crippen molar-refractivity contribution in [1.29, 1.82) is 0 Å². The second-order valence-electron chi connectivity index (χ2n) is 4.32. The number of nitrogens with two attached hydrogens (primary N) is 1. The molecule has 1 aromatic carbocycles. The van der Waals surface area contributed by atoms with Crippen LogP contribution in [0.5, 0.6) is 0 Å². The molecule has 0 aliphatic heterocycles. The van der Waals surface area contributed by atoms with Crippen molar-refractivity contribution in [2.24, 2.45) is 5.84 Å². The number of hydrogen-bond acceptors (Lipinski definition) is 3. The van der Waals surface area contributed by atoms with Gasteiger partial charge in [0.1, 0.15) is 0 Å². The van der Waals surface area contributed by atoms with Gasteiger partial charge in [0, 0.05) is 11.8 Å². The van der Waals surface area contributed by atoms with E-state index < -0.39 is 0 Å². The van der Waals surface area contributed by atoms with E-state index in [4.69, 9.17) is 5.84 Å². The highest BCUT2D eigenvalue weighted by Crippen LogP contribution is 2.11. The molecule has 0 bridgehead atoms. The van der Waals surface area contributed by atoms with Crippen molar-refractivity contribution in [1.82, 2.24) is 5.43 Å². The molecule has 2 nitrogen and oxygen atoms in total. The van der Waals surface area contributed by atoms with Crippen molar-refractivity contribution >= 4 is 11.8 Å². The van der Waals surface area contributed by atoms with Crippen LogP contribution < -0.4 is 11.3 Å². The van der Waals surface area contributed by atoms with Crippen LogP contribution in [0.15, 0.2) is 30.3 Å². The fourth-order valence-corrected chi connectivity index (χ4v) is 2.78. The molecular formula is C14H24N2S. The summed E-state index contributed by atoms with van der Waals surface area (Å²) in [6, 6.07) is 11.1. The topological polar surface area (TPSA) is 38.0 Å². The first-order valence-corrected chi connectivity index (χ1v) is 7.60. The van der Waals surface area contributed by atoms with Crippen LogP contribution in [0.2, 0.25) is 0 Å². The third kappa shape index (κ3) is 6.71. The Morgan fingerprint density at radius 3 is 2.71 bits per heavy atom. The Labute approximate surface area is 109 Å². The summed E-state index contributed by atoms with van der Waals surface area (Å²) in [5.74, 6) is 7.93. The Balaban J connectivity index is 2.15. The highest BCUT2D eigenvalue weighted by Gasteiger charge is 2.05. The first-order valence-electron chi connectivity index (χ1n) is 6.44. The second-order valence-corrected chi connectivity index (χ2v) is 5.47. The molecular weight excluding hydrogens is 228 g/mol. The van der Waals surface area contributed by atoms with Gasteiger partial charge >= 0.3 is 0 Å². The maximum absolute atomic E-state index is 5.57. The standard InChI is InChI=1S/C14H24N2S/c1-2-11-17-12-14(16-15)10-6-9-13-7-4-3-5-8-13/h3-5,7-8,14,16H,2,6,9-12,15H2,1H3. The molecule has 0 saturated carbocycles. The van der Waals surface area contributed by atoms with Crippen LogP contribution in [0.4, 0.5) is 0 Å². The minimum absolute atomic E-state index is 0.454. The summed E-state index contributed by atoms with van der Waals surface area (Å²) in [5, 5.41) is 0. The summed E-state index contributed by atoms with van der Waals surface area (Å²) in [6.45, 7) is 2.22. The fourth-order valence-electron chi connectivity index (χ4n) is 1.78. The van der Waals surface area contributed by atoms with Crippen molar-refractivity contribution in [2.75, 3.05) is 11.5 Å². The Bertz CT molecular complexity index is 277. The van der Waals surface area contributed by atoms with E-state index in [0.717, 1.165) is 18.6 Å². The van der Waals surface area contributed by atoms with E-state index in [0.29, 0.717) is 6.04 Å². The molecule has 0 fully saturated rings. The predicted octanol–water partition coefficient (Wildman–Crippen LogP) is 2.98. The highest BCUT2D eigenvalue weighted by atomic mass is 32.2. The van der Waals surface area contributed by atoms with Crippen molar-refractivity contribution in [3.63, 3.8) is 0 Å². The third-order valence-electron chi connectivity index (χ3n) is 2.76. The molecule has 17 heavy (non-hydrogen) atoms. The number of nitrogens with one attached hydrogen (secondary N) is 1. The summed E-state index contributed by atoms with van der Waals surface area (Å²) in [4.78, 5) is 0. The zero-order valence-corrected chi connectivity index (χ0v) is 11.5. The monoisotopic (exact) mass is 252 g/mol. The van der Waals surface area contributed by atoms with E-state index >= 15 is 0 Å². The van der Waals surface area contributed by atoms with E-state index in [1.54, 1.807) is 0 Å². The average Bonchev–Trinajstić information content (AvgIpc) is 2.38. The van der Waals surface area contributed by atoms with Gasteiger partial charge in [-0.15, -0.1) is 0 Å². The van der Waals surface area contributed by atoms with E-state index in [2.05, 4.69) is 42.7 Å². The van der Waals surface area contributed by atoms with E-state index in [1.165, 1.54) is 24.2 Å². The molecule has 0 radical (unpaired) electrons. The maximum atomic E-state index is 5.57. The first kappa shape index (κ1) is 14.6. The summed E-state index contributed by atoms with van der Waals surface area (Å²) in [7, 11) is 0. The number of aryl methyl sites for hydroxylation is 1. The van der Waals surface area contributed by atoms with Gasteiger partial charge < -0.3 is 0 Å². The largest absolute Gasteiger partial charge is 0.271 e. The smallest absolute Gasteiger partial charge is 0.0301 e. The van der Waals surface area contributed by atoms with Gasteiger partial charge in [0.2, 0.25) is 0 Å². The van der Waals surface area contributed by atoms with Crippen molar-refractivity contribution in [2.45, 2.75) is 38.6 Å². The highest BCUT2D eigenvalue weighted by molar-refractivity contribution is 7.99. The van der Waals surface area contributed by atoms with Gasteiger partial charge in [0.15, 0.2) is 0 Å². The molecule has 3 N–H and O–H groups in total. The van der Waals surface area contributed by atoms with Gasteiger partial charge in [-0.3, -0.25) is 11.3 Å². The summed E-state index contributed by atoms with van der Waals surface area (Å²) >= 11 is 1.99. The van der Waals surface area contributed by atoms with Crippen LogP contribution in [0, 0.1) is 0 Å². The Morgan fingerprint density at radius 1 is 1.29 bits per heavy atom. The Kier molecular flexibility index (Phi) is 8.14. The molecule has 0 aromatic heterocycles. The third-order valence-corrected chi connectivity index (χ3v) is 4.10. The summed E-state index contributed by atoms with van der Waals surface area (Å²) in [5.41, 5.74) is 4.35. The van der Waals surface area contributed by atoms with Crippen molar-refractivity contribution < 1.29 is 0 Å². The number of hydrogen-bond donors (Lipinski definition) is 2. The van der Waals surface area contributed by atoms with E-state index in [-0.39, 0.29) is 0 Å².